The molecule has 0 aromatic heterocycles. The molecule has 1 aromatic carbocycles. The van der Waals surface area contributed by atoms with E-state index < -0.39 is 12.2 Å². The first-order chi connectivity index (χ1) is 9.08. The third-order valence-corrected chi connectivity index (χ3v) is 2.94. The number of nitrogens with one attached hydrogen (secondary N) is 2. The molecule has 6 heteroatoms. The fourth-order valence-electron chi connectivity index (χ4n) is 2.02. The summed E-state index contributed by atoms with van der Waals surface area (Å²) < 4.78 is 5.44. The van der Waals surface area contributed by atoms with Crippen molar-refractivity contribution in [3.8, 4) is 0 Å². The van der Waals surface area contributed by atoms with Crippen LogP contribution in [0.4, 0.5) is 11.4 Å². The highest BCUT2D eigenvalue weighted by atomic mass is 16.5. The molecule has 4 N–H and O–H groups in total. The highest BCUT2D eigenvalue weighted by molar-refractivity contribution is 5.88. The van der Waals surface area contributed by atoms with Gasteiger partial charge in [0.05, 0.1) is 12.7 Å². The maximum atomic E-state index is 10.9. The Labute approximate surface area is 111 Å². The van der Waals surface area contributed by atoms with Gasteiger partial charge in [-0.25, -0.2) is 0 Å². The minimum Gasteiger partial charge on any atom is -0.394 e. The van der Waals surface area contributed by atoms with Crippen molar-refractivity contribution in [1.82, 2.24) is 0 Å². The van der Waals surface area contributed by atoms with Gasteiger partial charge in [-0.1, -0.05) is 0 Å². The Morgan fingerprint density at radius 3 is 2.53 bits per heavy atom. The van der Waals surface area contributed by atoms with Gasteiger partial charge in [-0.2, -0.15) is 0 Å². The molecule has 6 nitrogen and oxygen atoms in total. The third kappa shape index (κ3) is 3.66. The van der Waals surface area contributed by atoms with Crippen LogP contribution in [0.2, 0.25) is 0 Å². The van der Waals surface area contributed by atoms with Crippen molar-refractivity contribution in [2.75, 3.05) is 17.2 Å². The first-order valence-electron chi connectivity index (χ1n) is 6.17. The molecular weight excluding hydrogens is 248 g/mol. The summed E-state index contributed by atoms with van der Waals surface area (Å²) in [5, 5.41) is 24.4. The second kappa shape index (κ2) is 6.01. The zero-order valence-corrected chi connectivity index (χ0v) is 10.7. The number of anilines is 2. The Kier molecular flexibility index (Phi) is 4.36. The molecule has 1 aliphatic heterocycles. The fourth-order valence-corrected chi connectivity index (χ4v) is 2.02. The third-order valence-electron chi connectivity index (χ3n) is 2.94. The number of carbonyl (C=O) groups excluding carboxylic acids is 1. The summed E-state index contributed by atoms with van der Waals surface area (Å²) >= 11 is 0. The average Bonchev–Trinajstić information content (AvgIpc) is 2.71. The van der Waals surface area contributed by atoms with E-state index in [1.165, 1.54) is 6.92 Å². The van der Waals surface area contributed by atoms with E-state index in [1.807, 2.05) is 12.1 Å². The molecule has 1 aromatic rings. The lowest BCUT2D eigenvalue weighted by molar-refractivity contribution is -0.114. The SMILES string of the molecule is CC(=O)Nc1ccc(NC2CC(O)C(CO)O2)cc1. The Bertz CT molecular complexity index is 435. The van der Waals surface area contributed by atoms with Gasteiger partial charge in [0.25, 0.3) is 0 Å². The van der Waals surface area contributed by atoms with E-state index in [0.29, 0.717) is 6.42 Å². The van der Waals surface area contributed by atoms with Gasteiger partial charge in [-0.15, -0.1) is 0 Å². The van der Waals surface area contributed by atoms with Gasteiger partial charge in [-0.05, 0) is 24.3 Å². The second-order valence-electron chi connectivity index (χ2n) is 4.55. The van der Waals surface area contributed by atoms with E-state index in [2.05, 4.69) is 10.6 Å². The van der Waals surface area contributed by atoms with E-state index in [1.54, 1.807) is 12.1 Å². The molecule has 0 saturated carbocycles. The van der Waals surface area contributed by atoms with Gasteiger partial charge < -0.3 is 25.6 Å². The van der Waals surface area contributed by atoms with Gasteiger partial charge in [0.2, 0.25) is 5.91 Å². The van der Waals surface area contributed by atoms with Crippen molar-refractivity contribution in [3.05, 3.63) is 24.3 Å². The molecule has 1 aliphatic rings. The van der Waals surface area contributed by atoms with Crippen LogP contribution in [-0.2, 0) is 9.53 Å². The minimum absolute atomic E-state index is 0.117. The van der Waals surface area contributed by atoms with Crippen molar-refractivity contribution in [2.24, 2.45) is 0 Å². The number of hydrogen-bond donors (Lipinski definition) is 4. The lowest BCUT2D eigenvalue weighted by atomic mass is 10.2. The predicted octanol–water partition coefficient (Wildman–Crippen LogP) is 0.525. The first-order valence-corrected chi connectivity index (χ1v) is 6.17. The van der Waals surface area contributed by atoms with Gasteiger partial charge in [0.15, 0.2) is 0 Å². The molecule has 1 saturated heterocycles. The number of rotatable bonds is 4. The molecule has 0 bridgehead atoms. The summed E-state index contributed by atoms with van der Waals surface area (Å²) in [6, 6.07) is 7.18. The molecule has 0 radical (unpaired) electrons. The van der Waals surface area contributed by atoms with Crippen LogP contribution < -0.4 is 10.6 Å². The van der Waals surface area contributed by atoms with Crippen LogP contribution in [-0.4, -0.2) is 41.2 Å². The molecule has 2 rings (SSSR count). The zero-order chi connectivity index (χ0) is 13.8. The van der Waals surface area contributed by atoms with Crippen molar-refractivity contribution < 1.29 is 19.7 Å². The van der Waals surface area contributed by atoms with E-state index in [9.17, 15) is 9.90 Å². The lowest BCUT2D eigenvalue weighted by Crippen LogP contribution is -2.25. The molecule has 1 amide bonds. The zero-order valence-electron chi connectivity index (χ0n) is 10.7. The molecule has 1 heterocycles. The van der Waals surface area contributed by atoms with Gasteiger partial charge in [-0.3, -0.25) is 4.79 Å². The number of ether oxygens (including phenoxy) is 1. The fraction of sp³-hybridized carbons (Fsp3) is 0.462. The van der Waals surface area contributed by atoms with Crippen molar-refractivity contribution >= 4 is 17.3 Å². The summed E-state index contributed by atoms with van der Waals surface area (Å²) in [6.07, 6.45) is -1.07. The Morgan fingerprint density at radius 2 is 2.00 bits per heavy atom. The summed E-state index contributed by atoms with van der Waals surface area (Å²) in [4.78, 5) is 10.9. The first kappa shape index (κ1) is 13.8. The largest absolute Gasteiger partial charge is 0.394 e. The molecule has 19 heavy (non-hydrogen) atoms. The maximum Gasteiger partial charge on any atom is 0.221 e. The molecule has 3 unspecified atom stereocenters. The van der Waals surface area contributed by atoms with Crippen LogP contribution in [0.15, 0.2) is 24.3 Å². The minimum atomic E-state index is -0.652. The summed E-state index contributed by atoms with van der Waals surface area (Å²) in [6.45, 7) is 1.26. The van der Waals surface area contributed by atoms with Crippen molar-refractivity contribution in [1.29, 1.82) is 0 Å². The van der Waals surface area contributed by atoms with E-state index >= 15 is 0 Å². The van der Waals surface area contributed by atoms with Crippen molar-refractivity contribution in [3.63, 3.8) is 0 Å². The Hall–Kier alpha value is -1.63. The summed E-state index contributed by atoms with van der Waals surface area (Å²) in [5.41, 5.74) is 1.54. The standard InChI is InChI=1S/C13H18N2O4/c1-8(17)14-9-2-4-10(5-3-9)15-13-6-11(18)12(7-16)19-13/h2-5,11-13,15-16,18H,6-7H2,1H3,(H,14,17). The lowest BCUT2D eigenvalue weighted by Gasteiger charge is -2.15. The van der Waals surface area contributed by atoms with Crippen LogP contribution in [0.5, 0.6) is 0 Å². The summed E-state index contributed by atoms with van der Waals surface area (Å²) in [7, 11) is 0. The van der Waals surface area contributed by atoms with Gasteiger partial charge in [0, 0.05) is 24.7 Å². The van der Waals surface area contributed by atoms with Crippen LogP contribution in [0.3, 0.4) is 0 Å². The van der Waals surface area contributed by atoms with E-state index in [-0.39, 0.29) is 18.7 Å². The summed E-state index contributed by atoms with van der Waals surface area (Å²) in [5.74, 6) is -0.117. The molecule has 3 atom stereocenters. The second-order valence-corrected chi connectivity index (χ2v) is 4.55. The average molecular weight is 266 g/mol. The van der Waals surface area contributed by atoms with Gasteiger partial charge >= 0.3 is 0 Å². The highest BCUT2D eigenvalue weighted by Gasteiger charge is 2.33. The van der Waals surface area contributed by atoms with Crippen LogP contribution in [0.25, 0.3) is 0 Å². The highest BCUT2D eigenvalue weighted by Crippen LogP contribution is 2.23. The number of aliphatic hydroxyl groups excluding tert-OH is 2. The number of hydrogen-bond acceptors (Lipinski definition) is 5. The van der Waals surface area contributed by atoms with Crippen LogP contribution >= 0.6 is 0 Å². The maximum absolute atomic E-state index is 10.9. The Balaban J connectivity index is 1.91. The van der Waals surface area contributed by atoms with Crippen LogP contribution in [0, 0.1) is 0 Å². The monoisotopic (exact) mass is 266 g/mol. The Morgan fingerprint density at radius 1 is 1.37 bits per heavy atom. The van der Waals surface area contributed by atoms with Gasteiger partial charge in [0.1, 0.15) is 12.3 Å². The topological polar surface area (TPSA) is 90.8 Å². The molecule has 1 fully saturated rings. The number of benzene rings is 1. The molecular formula is C13H18N2O4. The number of aliphatic hydroxyl groups is 2. The predicted molar refractivity (Wildman–Crippen MR) is 70.7 cm³/mol. The van der Waals surface area contributed by atoms with Crippen molar-refractivity contribution in [2.45, 2.75) is 31.8 Å². The number of amides is 1. The van der Waals surface area contributed by atoms with E-state index in [0.717, 1.165) is 11.4 Å². The normalized spacial score (nSPS) is 26.2. The molecule has 0 spiro atoms. The van der Waals surface area contributed by atoms with E-state index in [4.69, 9.17) is 9.84 Å². The quantitative estimate of drug-likeness (QED) is 0.638. The smallest absolute Gasteiger partial charge is 0.221 e. The molecule has 104 valence electrons. The number of carbonyl (C=O) groups is 1. The molecule has 0 aliphatic carbocycles. The van der Waals surface area contributed by atoms with Crippen LogP contribution in [0.1, 0.15) is 13.3 Å².